The molecule has 0 aromatic carbocycles. The number of carbonyl (C=O) groups excluding carboxylic acids is 1. The third-order valence-corrected chi connectivity index (χ3v) is 1.14. The van der Waals surface area contributed by atoms with Crippen molar-refractivity contribution < 1.29 is 15.0 Å². The molecular formula is C8H15NO3. The summed E-state index contributed by atoms with van der Waals surface area (Å²) in [6.45, 7) is 3.36. The van der Waals surface area contributed by atoms with Gasteiger partial charge < -0.3 is 15.5 Å². The van der Waals surface area contributed by atoms with E-state index in [2.05, 4.69) is 5.32 Å². The van der Waals surface area contributed by atoms with E-state index in [-0.39, 0.29) is 19.1 Å². The van der Waals surface area contributed by atoms with Crippen molar-refractivity contribution >= 4 is 5.91 Å². The van der Waals surface area contributed by atoms with Crippen LogP contribution in [0.1, 0.15) is 13.8 Å². The number of carbonyl (C=O) groups is 1. The first-order valence-electron chi connectivity index (χ1n) is 3.78. The van der Waals surface area contributed by atoms with E-state index in [1.807, 2.05) is 13.8 Å². The number of rotatable bonds is 4. The van der Waals surface area contributed by atoms with Gasteiger partial charge in [0.2, 0.25) is 5.91 Å². The second-order valence-corrected chi connectivity index (χ2v) is 2.80. The van der Waals surface area contributed by atoms with Crippen LogP contribution in [0.2, 0.25) is 0 Å². The summed E-state index contributed by atoms with van der Waals surface area (Å²) in [6.07, 6.45) is 0.559. The molecule has 0 rings (SSSR count). The van der Waals surface area contributed by atoms with Crippen molar-refractivity contribution in [3.8, 4) is 0 Å². The first kappa shape index (κ1) is 11.1. The molecule has 0 saturated heterocycles. The maximum atomic E-state index is 10.9. The zero-order valence-corrected chi connectivity index (χ0v) is 7.37. The van der Waals surface area contributed by atoms with Crippen LogP contribution in [0.5, 0.6) is 0 Å². The topological polar surface area (TPSA) is 69.6 Å². The summed E-state index contributed by atoms with van der Waals surface area (Å²) in [6, 6.07) is 0. The van der Waals surface area contributed by atoms with Crippen molar-refractivity contribution in [2.45, 2.75) is 20.0 Å². The van der Waals surface area contributed by atoms with Crippen molar-refractivity contribution in [2.24, 2.45) is 0 Å². The van der Waals surface area contributed by atoms with E-state index in [9.17, 15) is 4.79 Å². The largest absolute Gasteiger partial charge is 0.394 e. The van der Waals surface area contributed by atoms with Crippen LogP contribution in [0, 0.1) is 0 Å². The molecule has 0 aliphatic heterocycles. The Labute approximate surface area is 71.9 Å². The lowest BCUT2D eigenvalue weighted by Crippen LogP contribution is -2.32. The van der Waals surface area contributed by atoms with Crippen LogP contribution < -0.4 is 5.32 Å². The monoisotopic (exact) mass is 173 g/mol. The molecule has 0 aromatic rings. The minimum atomic E-state index is -0.875. The van der Waals surface area contributed by atoms with Gasteiger partial charge in [-0.2, -0.15) is 0 Å². The van der Waals surface area contributed by atoms with Crippen molar-refractivity contribution in [3.63, 3.8) is 0 Å². The van der Waals surface area contributed by atoms with Gasteiger partial charge in [-0.3, -0.25) is 4.79 Å². The Morgan fingerprint density at radius 1 is 1.58 bits per heavy atom. The molecule has 4 heteroatoms. The van der Waals surface area contributed by atoms with Crippen molar-refractivity contribution in [1.29, 1.82) is 0 Å². The Balaban J connectivity index is 3.65. The zero-order valence-electron chi connectivity index (χ0n) is 7.37. The van der Waals surface area contributed by atoms with Gasteiger partial charge in [0.15, 0.2) is 0 Å². The number of amides is 1. The molecule has 0 aliphatic carbocycles. The number of aliphatic hydroxyl groups excluding tert-OH is 2. The molecule has 0 aromatic heterocycles. The SMILES string of the molecule is CC(C)=CC(=O)NCC(O)CO. The van der Waals surface area contributed by atoms with Gasteiger partial charge in [-0.1, -0.05) is 5.57 Å². The predicted molar refractivity (Wildman–Crippen MR) is 45.5 cm³/mol. The second kappa shape index (κ2) is 5.74. The van der Waals surface area contributed by atoms with Crippen molar-refractivity contribution in [3.05, 3.63) is 11.6 Å². The van der Waals surface area contributed by atoms with Crippen LogP contribution in [0.25, 0.3) is 0 Å². The summed E-state index contributed by atoms with van der Waals surface area (Å²) in [4.78, 5) is 10.9. The molecule has 1 unspecified atom stereocenters. The Hall–Kier alpha value is -0.870. The van der Waals surface area contributed by atoms with E-state index in [0.29, 0.717) is 0 Å². The lowest BCUT2D eigenvalue weighted by atomic mass is 10.3. The average Bonchev–Trinajstić information content (AvgIpc) is 1.99. The molecule has 0 heterocycles. The average molecular weight is 173 g/mol. The molecule has 0 fully saturated rings. The highest BCUT2D eigenvalue weighted by Crippen LogP contribution is 1.87. The first-order chi connectivity index (χ1) is 5.56. The number of hydrogen-bond acceptors (Lipinski definition) is 3. The minimum Gasteiger partial charge on any atom is -0.394 e. The van der Waals surface area contributed by atoms with E-state index in [4.69, 9.17) is 10.2 Å². The van der Waals surface area contributed by atoms with E-state index >= 15 is 0 Å². The van der Waals surface area contributed by atoms with Crippen LogP contribution in [-0.2, 0) is 4.79 Å². The van der Waals surface area contributed by atoms with E-state index in [1.165, 1.54) is 6.08 Å². The van der Waals surface area contributed by atoms with Gasteiger partial charge in [-0.05, 0) is 13.8 Å². The first-order valence-corrected chi connectivity index (χ1v) is 3.78. The number of aliphatic hydroxyl groups is 2. The third-order valence-electron chi connectivity index (χ3n) is 1.14. The third kappa shape index (κ3) is 5.88. The number of hydrogen-bond donors (Lipinski definition) is 3. The summed E-state index contributed by atoms with van der Waals surface area (Å²) < 4.78 is 0. The van der Waals surface area contributed by atoms with Crippen LogP contribution in [0.3, 0.4) is 0 Å². The van der Waals surface area contributed by atoms with Gasteiger partial charge in [0.25, 0.3) is 0 Å². The van der Waals surface area contributed by atoms with Gasteiger partial charge in [-0.25, -0.2) is 0 Å². The van der Waals surface area contributed by atoms with E-state index < -0.39 is 6.10 Å². The lowest BCUT2D eigenvalue weighted by Gasteiger charge is -2.06. The molecule has 1 amide bonds. The molecule has 0 bridgehead atoms. The predicted octanol–water partition coefficient (Wildman–Crippen LogP) is -0.578. The molecule has 0 saturated carbocycles. The molecule has 12 heavy (non-hydrogen) atoms. The lowest BCUT2D eigenvalue weighted by molar-refractivity contribution is -0.117. The van der Waals surface area contributed by atoms with Crippen molar-refractivity contribution in [1.82, 2.24) is 5.32 Å². The molecule has 0 spiro atoms. The summed E-state index contributed by atoms with van der Waals surface area (Å²) in [5.74, 6) is -0.248. The summed E-state index contributed by atoms with van der Waals surface area (Å²) in [5.41, 5.74) is 0.894. The summed E-state index contributed by atoms with van der Waals surface area (Å²) in [7, 11) is 0. The minimum absolute atomic E-state index is 0.0825. The quantitative estimate of drug-likeness (QED) is 0.498. The molecule has 0 radical (unpaired) electrons. The van der Waals surface area contributed by atoms with Crippen LogP contribution in [0.15, 0.2) is 11.6 Å². The normalized spacial score (nSPS) is 12.0. The number of nitrogens with one attached hydrogen (secondary N) is 1. The maximum Gasteiger partial charge on any atom is 0.244 e. The van der Waals surface area contributed by atoms with Gasteiger partial charge in [0.1, 0.15) is 0 Å². The number of allylic oxidation sites excluding steroid dienone is 1. The van der Waals surface area contributed by atoms with E-state index in [0.717, 1.165) is 5.57 Å². The van der Waals surface area contributed by atoms with E-state index in [1.54, 1.807) is 0 Å². The fraction of sp³-hybridized carbons (Fsp3) is 0.625. The highest BCUT2D eigenvalue weighted by Gasteiger charge is 2.02. The van der Waals surface area contributed by atoms with Crippen LogP contribution in [0.4, 0.5) is 0 Å². The van der Waals surface area contributed by atoms with Crippen molar-refractivity contribution in [2.75, 3.05) is 13.2 Å². The Bertz CT molecular complexity index is 173. The molecular weight excluding hydrogens is 158 g/mol. The van der Waals surface area contributed by atoms with Crippen LogP contribution >= 0.6 is 0 Å². The maximum absolute atomic E-state index is 10.9. The van der Waals surface area contributed by atoms with Gasteiger partial charge in [0.05, 0.1) is 12.7 Å². The van der Waals surface area contributed by atoms with Gasteiger partial charge in [-0.15, -0.1) is 0 Å². The summed E-state index contributed by atoms with van der Waals surface area (Å²) >= 11 is 0. The Kier molecular flexibility index (Phi) is 5.32. The fourth-order valence-electron chi connectivity index (χ4n) is 0.596. The summed E-state index contributed by atoms with van der Waals surface area (Å²) in [5, 5.41) is 19.7. The molecule has 4 nitrogen and oxygen atoms in total. The zero-order chi connectivity index (χ0) is 9.56. The fourth-order valence-corrected chi connectivity index (χ4v) is 0.596. The molecule has 1 atom stereocenters. The molecule has 0 aliphatic rings. The smallest absolute Gasteiger partial charge is 0.244 e. The second-order valence-electron chi connectivity index (χ2n) is 2.80. The Morgan fingerprint density at radius 2 is 2.17 bits per heavy atom. The molecule has 3 N–H and O–H groups in total. The standard InChI is InChI=1S/C8H15NO3/c1-6(2)3-8(12)9-4-7(11)5-10/h3,7,10-11H,4-5H2,1-2H3,(H,9,12). The highest BCUT2D eigenvalue weighted by atomic mass is 16.3. The molecule has 70 valence electrons. The van der Waals surface area contributed by atoms with Gasteiger partial charge >= 0.3 is 0 Å². The van der Waals surface area contributed by atoms with Crippen LogP contribution in [-0.4, -0.2) is 35.4 Å². The highest BCUT2D eigenvalue weighted by molar-refractivity contribution is 5.87. The Morgan fingerprint density at radius 3 is 2.58 bits per heavy atom. The van der Waals surface area contributed by atoms with Gasteiger partial charge in [0, 0.05) is 12.6 Å².